The fourth-order valence-corrected chi connectivity index (χ4v) is 1.37. The molecule has 0 saturated heterocycles. The van der Waals surface area contributed by atoms with Crippen LogP contribution in [0.25, 0.3) is 0 Å². The average Bonchev–Trinajstić information content (AvgIpc) is 2.40. The van der Waals surface area contributed by atoms with Crippen LogP contribution in [-0.2, 0) is 11.2 Å². The fraction of sp³-hybridized carbons (Fsp3) is 0.125. The van der Waals surface area contributed by atoms with Gasteiger partial charge in [0, 0.05) is 11.3 Å². The van der Waals surface area contributed by atoms with E-state index in [4.69, 9.17) is 0 Å². The molecule has 0 saturated carbocycles. The fourth-order valence-electron chi connectivity index (χ4n) is 0.657. The lowest BCUT2D eigenvalue weighted by molar-refractivity contribution is -0.113. The third-order valence-electron chi connectivity index (χ3n) is 1.16. The van der Waals surface area contributed by atoms with Gasteiger partial charge in [-0.15, -0.1) is 11.3 Å². The van der Waals surface area contributed by atoms with E-state index in [0.29, 0.717) is 6.42 Å². The number of allylic oxidation sites excluding steroid dienone is 1. The molecule has 2 heteroatoms. The van der Waals surface area contributed by atoms with E-state index in [-0.39, 0.29) is 5.78 Å². The third kappa shape index (κ3) is 1.81. The molecule has 0 aliphatic carbocycles. The summed E-state index contributed by atoms with van der Waals surface area (Å²) < 4.78 is 0. The van der Waals surface area contributed by atoms with Crippen LogP contribution < -0.4 is 0 Å². The van der Waals surface area contributed by atoms with Gasteiger partial charge in [0.2, 0.25) is 0 Å². The van der Waals surface area contributed by atoms with Crippen LogP contribution in [0.15, 0.2) is 30.2 Å². The maximum Gasteiger partial charge on any atom is 0.160 e. The highest BCUT2D eigenvalue weighted by Gasteiger charge is 1.97. The first kappa shape index (κ1) is 7.22. The lowest BCUT2D eigenvalue weighted by Crippen LogP contribution is -1.94. The number of carbonyl (C=O) groups excluding carboxylic acids is 1. The minimum absolute atomic E-state index is 0.0856. The molecular weight excluding hydrogens is 144 g/mol. The molecule has 0 unspecified atom stereocenters. The molecule has 0 atom stereocenters. The molecule has 0 bridgehead atoms. The van der Waals surface area contributed by atoms with Gasteiger partial charge in [0.15, 0.2) is 5.78 Å². The molecule has 52 valence electrons. The summed E-state index contributed by atoms with van der Waals surface area (Å²) in [5.74, 6) is 0.0856. The first-order valence-corrected chi connectivity index (χ1v) is 3.88. The zero-order chi connectivity index (χ0) is 7.40. The lowest BCUT2D eigenvalue weighted by atomic mass is 10.2. The number of thiophene rings is 1. The number of ketones is 1. The Kier molecular flexibility index (Phi) is 2.40. The van der Waals surface area contributed by atoms with E-state index in [1.165, 1.54) is 6.08 Å². The molecule has 0 N–H and O–H groups in total. The van der Waals surface area contributed by atoms with Crippen LogP contribution in [0.4, 0.5) is 0 Å². The van der Waals surface area contributed by atoms with Crippen molar-refractivity contribution in [2.24, 2.45) is 0 Å². The van der Waals surface area contributed by atoms with Crippen molar-refractivity contribution in [1.82, 2.24) is 0 Å². The topological polar surface area (TPSA) is 17.1 Å². The highest BCUT2D eigenvalue weighted by Crippen LogP contribution is 2.09. The Labute approximate surface area is 64.0 Å². The summed E-state index contributed by atoms with van der Waals surface area (Å²) in [6.07, 6.45) is 1.86. The Bertz CT molecular complexity index is 223. The van der Waals surface area contributed by atoms with Gasteiger partial charge >= 0.3 is 0 Å². The summed E-state index contributed by atoms with van der Waals surface area (Å²) in [5, 5.41) is 1.96. The van der Waals surface area contributed by atoms with Crippen LogP contribution >= 0.6 is 11.3 Å². The second-order valence-corrected chi connectivity index (χ2v) is 2.96. The highest BCUT2D eigenvalue weighted by molar-refractivity contribution is 7.10. The van der Waals surface area contributed by atoms with E-state index >= 15 is 0 Å². The summed E-state index contributed by atoms with van der Waals surface area (Å²) >= 11 is 1.60. The minimum Gasteiger partial charge on any atom is -0.294 e. The minimum atomic E-state index is 0.0856. The molecule has 0 spiro atoms. The largest absolute Gasteiger partial charge is 0.294 e. The van der Waals surface area contributed by atoms with Crippen LogP contribution in [0.1, 0.15) is 4.88 Å². The Morgan fingerprint density at radius 2 is 2.60 bits per heavy atom. The number of hydrogen-bond acceptors (Lipinski definition) is 2. The molecule has 1 nitrogen and oxygen atoms in total. The maximum absolute atomic E-state index is 10.8. The molecule has 1 aromatic rings. The second kappa shape index (κ2) is 3.32. The molecular formula is C8H8OS. The normalized spacial score (nSPS) is 9.20. The van der Waals surface area contributed by atoms with Crippen molar-refractivity contribution in [3.05, 3.63) is 35.0 Å². The van der Waals surface area contributed by atoms with Crippen LogP contribution in [0.2, 0.25) is 0 Å². The second-order valence-electron chi connectivity index (χ2n) is 1.93. The quantitative estimate of drug-likeness (QED) is 0.606. The standard InChI is InChI=1S/C8H8OS/c1-2-7(9)6-8-4-3-5-10-8/h2-5H,1,6H2. The highest BCUT2D eigenvalue weighted by atomic mass is 32.1. The zero-order valence-electron chi connectivity index (χ0n) is 5.54. The van der Waals surface area contributed by atoms with Gasteiger partial charge in [-0.3, -0.25) is 4.79 Å². The van der Waals surface area contributed by atoms with Crippen molar-refractivity contribution >= 4 is 17.1 Å². The molecule has 0 aliphatic rings. The Hall–Kier alpha value is -0.890. The third-order valence-corrected chi connectivity index (χ3v) is 2.03. The van der Waals surface area contributed by atoms with Gasteiger partial charge in [-0.1, -0.05) is 12.6 Å². The van der Waals surface area contributed by atoms with E-state index < -0.39 is 0 Å². The van der Waals surface area contributed by atoms with Crippen molar-refractivity contribution < 1.29 is 4.79 Å². The van der Waals surface area contributed by atoms with Crippen molar-refractivity contribution in [2.75, 3.05) is 0 Å². The summed E-state index contributed by atoms with van der Waals surface area (Å²) in [5.41, 5.74) is 0. The molecule has 0 fully saturated rings. The summed E-state index contributed by atoms with van der Waals surface area (Å²) in [6, 6.07) is 3.89. The van der Waals surface area contributed by atoms with Crippen LogP contribution in [0, 0.1) is 0 Å². The zero-order valence-corrected chi connectivity index (χ0v) is 6.36. The Morgan fingerprint density at radius 1 is 1.80 bits per heavy atom. The van der Waals surface area contributed by atoms with Gasteiger partial charge in [0.1, 0.15) is 0 Å². The van der Waals surface area contributed by atoms with Gasteiger partial charge in [-0.05, 0) is 17.5 Å². The average molecular weight is 152 g/mol. The predicted octanol–water partition coefficient (Wildman–Crippen LogP) is 2.05. The number of carbonyl (C=O) groups is 1. The van der Waals surface area contributed by atoms with E-state index in [2.05, 4.69) is 6.58 Å². The first-order chi connectivity index (χ1) is 4.83. The predicted molar refractivity (Wildman–Crippen MR) is 43.2 cm³/mol. The summed E-state index contributed by atoms with van der Waals surface area (Å²) in [6.45, 7) is 3.40. The summed E-state index contributed by atoms with van der Waals surface area (Å²) in [4.78, 5) is 11.9. The molecule has 1 heterocycles. The summed E-state index contributed by atoms with van der Waals surface area (Å²) in [7, 11) is 0. The molecule has 1 aromatic heterocycles. The smallest absolute Gasteiger partial charge is 0.160 e. The molecule has 1 rings (SSSR count). The van der Waals surface area contributed by atoms with Gasteiger partial charge in [-0.2, -0.15) is 0 Å². The first-order valence-electron chi connectivity index (χ1n) is 3.00. The molecule has 0 aromatic carbocycles. The van der Waals surface area contributed by atoms with Gasteiger partial charge in [0.05, 0.1) is 0 Å². The van der Waals surface area contributed by atoms with E-state index in [1.807, 2.05) is 17.5 Å². The van der Waals surface area contributed by atoms with E-state index in [0.717, 1.165) is 4.88 Å². The SMILES string of the molecule is C=CC(=O)Cc1cccs1. The molecule has 0 amide bonds. The van der Waals surface area contributed by atoms with Crippen molar-refractivity contribution in [3.63, 3.8) is 0 Å². The monoisotopic (exact) mass is 152 g/mol. The van der Waals surface area contributed by atoms with Crippen molar-refractivity contribution in [1.29, 1.82) is 0 Å². The van der Waals surface area contributed by atoms with Crippen molar-refractivity contribution in [3.8, 4) is 0 Å². The van der Waals surface area contributed by atoms with E-state index in [9.17, 15) is 4.79 Å². The molecule has 10 heavy (non-hydrogen) atoms. The van der Waals surface area contributed by atoms with Crippen molar-refractivity contribution in [2.45, 2.75) is 6.42 Å². The lowest BCUT2D eigenvalue weighted by Gasteiger charge is -1.87. The number of hydrogen-bond donors (Lipinski definition) is 0. The van der Waals surface area contributed by atoms with Crippen LogP contribution in [0.3, 0.4) is 0 Å². The van der Waals surface area contributed by atoms with Crippen LogP contribution in [0.5, 0.6) is 0 Å². The van der Waals surface area contributed by atoms with Gasteiger partial charge < -0.3 is 0 Å². The Morgan fingerprint density at radius 3 is 3.10 bits per heavy atom. The van der Waals surface area contributed by atoms with Crippen LogP contribution in [-0.4, -0.2) is 5.78 Å². The van der Waals surface area contributed by atoms with Gasteiger partial charge in [-0.25, -0.2) is 0 Å². The molecule has 0 aliphatic heterocycles. The maximum atomic E-state index is 10.8. The van der Waals surface area contributed by atoms with Gasteiger partial charge in [0.25, 0.3) is 0 Å². The van der Waals surface area contributed by atoms with E-state index in [1.54, 1.807) is 11.3 Å². The molecule has 0 radical (unpaired) electrons. The Balaban J connectivity index is 2.56. The number of rotatable bonds is 3.